The SMILES string of the molecule is Cc1nc(Cl)c(N2Cc3ccccc3C2)nc1C. The Morgan fingerprint density at radius 3 is 2.17 bits per heavy atom. The maximum atomic E-state index is 6.21. The fourth-order valence-electron chi connectivity index (χ4n) is 2.25. The standard InChI is InChI=1S/C14H14ClN3/c1-9-10(2)17-14(13(15)16-9)18-7-11-5-3-4-6-12(11)8-18/h3-6H,7-8H2,1-2H3. The first kappa shape index (κ1) is 11.5. The predicted octanol–water partition coefficient (Wildman–Crippen LogP) is 3.27. The maximum Gasteiger partial charge on any atom is 0.171 e. The van der Waals surface area contributed by atoms with E-state index in [1.165, 1.54) is 11.1 Å². The van der Waals surface area contributed by atoms with Crippen molar-refractivity contribution >= 4 is 17.4 Å². The van der Waals surface area contributed by atoms with Crippen LogP contribution in [0.15, 0.2) is 24.3 Å². The molecule has 92 valence electrons. The summed E-state index contributed by atoms with van der Waals surface area (Å²) < 4.78 is 0. The normalized spacial score (nSPS) is 13.8. The van der Waals surface area contributed by atoms with E-state index in [0.29, 0.717) is 5.15 Å². The van der Waals surface area contributed by atoms with Gasteiger partial charge in [0.2, 0.25) is 0 Å². The Morgan fingerprint density at radius 1 is 1.00 bits per heavy atom. The molecule has 1 aromatic heterocycles. The van der Waals surface area contributed by atoms with Gasteiger partial charge in [0.25, 0.3) is 0 Å². The van der Waals surface area contributed by atoms with Gasteiger partial charge < -0.3 is 4.90 Å². The van der Waals surface area contributed by atoms with Crippen LogP contribution in [0.4, 0.5) is 5.82 Å². The van der Waals surface area contributed by atoms with Gasteiger partial charge in [-0.2, -0.15) is 0 Å². The van der Waals surface area contributed by atoms with Crippen LogP contribution in [0, 0.1) is 13.8 Å². The second kappa shape index (κ2) is 4.25. The molecule has 1 aliphatic rings. The fourth-order valence-corrected chi connectivity index (χ4v) is 2.54. The summed E-state index contributed by atoms with van der Waals surface area (Å²) in [7, 11) is 0. The minimum atomic E-state index is 0.492. The third-order valence-corrected chi connectivity index (χ3v) is 3.64. The van der Waals surface area contributed by atoms with E-state index in [9.17, 15) is 0 Å². The molecule has 0 aliphatic carbocycles. The Kier molecular flexibility index (Phi) is 2.71. The van der Waals surface area contributed by atoms with Crippen molar-refractivity contribution in [1.82, 2.24) is 9.97 Å². The van der Waals surface area contributed by atoms with Crippen LogP contribution in [0.5, 0.6) is 0 Å². The highest BCUT2D eigenvalue weighted by atomic mass is 35.5. The highest BCUT2D eigenvalue weighted by molar-refractivity contribution is 6.31. The number of benzene rings is 1. The van der Waals surface area contributed by atoms with Crippen LogP contribution < -0.4 is 4.90 Å². The van der Waals surface area contributed by atoms with Crippen LogP contribution in [-0.2, 0) is 13.1 Å². The van der Waals surface area contributed by atoms with E-state index in [0.717, 1.165) is 30.3 Å². The highest BCUT2D eigenvalue weighted by Gasteiger charge is 2.22. The Labute approximate surface area is 111 Å². The van der Waals surface area contributed by atoms with Crippen LogP contribution in [0.25, 0.3) is 0 Å². The van der Waals surface area contributed by atoms with Crippen molar-refractivity contribution in [3.05, 3.63) is 51.9 Å². The summed E-state index contributed by atoms with van der Waals surface area (Å²) >= 11 is 6.21. The van der Waals surface area contributed by atoms with Gasteiger partial charge in [-0.25, -0.2) is 9.97 Å². The molecule has 0 saturated heterocycles. The van der Waals surface area contributed by atoms with Crippen molar-refractivity contribution in [2.24, 2.45) is 0 Å². The van der Waals surface area contributed by atoms with Gasteiger partial charge in [0.15, 0.2) is 11.0 Å². The van der Waals surface area contributed by atoms with Gasteiger partial charge in [-0.3, -0.25) is 0 Å². The average Bonchev–Trinajstić information content (AvgIpc) is 2.77. The zero-order chi connectivity index (χ0) is 12.7. The Bertz CT molecular complexity index is 585. The van der Waals surface area contributed by atoms with Gasteiger partial charge in [0.05, 0.1) is 11.4 Å². The monoisotopic (exact) mass is 259 g/mol. The van der Waals surface area contributed by atoms with E-state index in [2.05, 4.69) is 39.1 Å². The summed E-state index contributed by atoms with van der Waals surface area (Å²) in [6.45, 7) is 5.60. The van der Waals surface area contributed by atoms with E-state index in [4.69, 9.17) is 11.6 Å². The summed E-state index contributed by atoms with van der Waals surface area (Å²) in [5.74, 6) is 0.788. The largest absolute Gasteiger partial charge is 0.345 e. The molecule has 0 saturated carbocycles. The van der Waals surface area contributed by atoms with Crippen LogP contribution in [-0.4, -0.2) is 9.97 Å². The van der Waals surface area contributed by atoms with Gasteiger partial charge in [-0.05, 0) is 25.0 Å². The van der Waals surface area contributed by atoms with E-state index in [1.807, 2.05) is 13.8 Å². The molecule has 0 amide bonds. The first-order valence-electron chi connectivity index (χ1n) is 5.97. The molecule has 1 aliphatic heterocycles. The minimum absolute atomic E-state index is 0.492. The summed E-state index contributed by atoms with van der Waals surface area (Å²) in [5.41, 5.74) is 4.51. The number of hydrogen-bond acceptors (Lipinski definition) is 3. The lowest BCUT2D eigenvalue weighted by atomic mass is 10.1. The molecule has 2 heterocycles. The average molecular weight is 260 g/mol. The second-order valence-electron chi connectivity index (χ2n) is 4.63. The van der Waals surface area contributed by atoms with Crippen LogP contribution >= 0.6 is 11.6 Å². The van der Waals surface area contributed by atoms with Gasteiger partial charge in [0.1, 0.15) is 0 Å². The van der Waals surface area contributed by atoms with Crippen LogP contribution in [0.2, 0.25) is 5.15 Å². The molecule has 2 aromatic rings. The number of halogens is 1. The molecule has 0 fully saturated rings. The molecular weight excluding hydrogens is 246 g/mol. The minimum Gasteiger partial charge on any atom is -0.345 e. The van der Waals surface area contributed by atoms with Crippen LogP contribution in [0.3, 0.4) is 0 Å². The number of rotatable bonds is 1. The number of aryl methyl sites for hydroxylation is 2. The lowest BCUT2D eigenvalue weighted by Crippen LogP contribution is -2.17. The van der Waals surface area contributed by atoms with Crippen molar-refractivity contribution in [2.75, 3.05) is 4.90 Å². The molecule has 18 heavy (non-hydrogen) atoms. The van der Waals surface area contributed by atoms with Gasteiger partial charge in [0, 0.05) is 13.1 Å². The van der Waals surface area contributed by atoms with Crippen molar-refractivity contribution in [3.8, 4) is 0 Å². The number of nitrogens with zero attached hydrogens (tertiary/aromatic N) is 3. The quantitative estimate of drug-likeness (QED) is 0.787. The van der Waals surface area contributed by atoms with Gasteiger partial charge in [-0.15, -0.1) is 0 Å². The second-order valence-corrected chi connectivity index (χ2v) is 4.99. The Balaban J connectivity index is 1.97. The molecular formula is C14H14ClN3. The lowest BCUT2D eigenvalue weighted by molar-refractivity contribution is 0.839. The lowest BCUT2D eigenvalue weighted by Gasteiger charge is -2.18. The topological polar surface area (TPSA) is 29.0 Å². The van der Waals surface area contributed by atoms with Crippen LogP contribution in [0.1, 0.15) is 22.5 Å². The summed E-state index contributed by atoms with van der Waals surface area (Å²) in [6.07, 6.45) is 0. The molecule has 0 spiro atoms. The zero-order valence-electron chi connectivity index (χ0n) is 10.4. The van der Waals surface area contributed by atoms with Gasteiger partial charge in [-0.1, -0.05) is 35.9 Å². The first-order valence-corrected chi connectivity index (χ1v) is 6.35. The van der Waals surface area contributed by atoms with Crippen molar-refractivity contribution in [2.45, 2.75) is 26.9 Å². The summed E-state index contributed by atoms with van der Waals surface area (Å²) in [5, 5.41) is 0.492. The maximum absolute atomic E-state index is 6.21. The molecule has 0 N–H and O–H groups in total. The molecule has 0 atom stereocenters. The summed E-state index contributed by atoms with van der Waals surface area (Å²) in [6, 6.07) is 8.43. The third kappa shape index (κ3) is 1.85. The molecule has 4 heteroatoms. The van der Waals surface area contributed by atoms with E-state index >= 15 is 0 Å². The molecule has 0 unspecified atom stereocenters. The third-order valence-electron chi connectivity index (χ3n) is 3.39. The molecule has 0 bridgehead atoms. The number of hydrogen-bond donors (Lipinski definition) is 0. The Morgan fingerprint density at radius 2 is 1.56 bits per heavy atom. The molecule has 0 radical (unpaired) electrons. The van der Waals surface area contributed by atoms with Crippen molar-refractivity contribution in [1.29, 1.82) is 0 Å². The Hall–Kier alpha value is -1.61. The smallest absolute Gasteiger partial charge is 0.171 e. The number of anilines is 1. The fraction of sp³-hybridized carbons (Fsp3) is 0.286. The van der Waals surface area contributed by atoms with Crippen molar-refractivity contribution < 1.29 is 0 Å². The molecule has 3 rings (SSSR count). The zero-order valence-corrected chi connectivity index (χ0v) is 11.2. The van der Waals surface area contributed by atoms with Gasteiger partial charge >= 0.3 is 0 Å². The predicted molar refractivity (Wildman–Crippen MR) is 72.8 cm³/mol. The highest BCUT2D eigenvalue weighted by Crippen LogP contribution is 2.31. The summed E-state index contributed by atoms with van der Waals surface area (Å²) in [4.78, 5) is 11.1. The van der Waals surface area contributed by atoms with E-state index in [1.54, 1.807) is 0 Å². The van der Waals surface area contributed by atoms with E-state index in [-0.39, 0.29) is 0 Å². The first-order chi connectivity index (χ1) is 8.65. The molecule has 3 nitrogen and oxygen atoms in total. The number of fused-ring (bicyclic) bond motifs is 1. The van der Waals surface area contributed by atoms with Crippen molar-refractivity contribution in [3.63, 3.8) is 0 Å². The molecule has 1 aromatic carbocycles. The van der Waals surface area contributed by atoms with E-state index < -0.39 is 0 Å². The number of aromatic nitrogens is 2.